The molecule has 1 atom stereocenters. The molecule has 2 N–H and O–H groups in total. The fourth-order valence-electron chi connectivity index (χ4n) is 1.57. The van der Waals surface area contributed by atoms with Crippen LogP contribution in [0.4, 0.5) is 4.39 Å². The summed E-state index contributed by atoms with van der Waals surface area (Å²) in [6.45, 7) is 17.4. The molecule has 0 fully saturated rings. The van der Waals surface area contributed by atoms with Crippen molar-refractivity contribution < 1.29 is 9.18 Å². The average Bonchev–Trinajstić information content (AvgIpc) is 2.68. The maximum atomic E-state index is 12.7. The molecule has 158 valence electrons. The fourth-order valence-corrected chi connectivity index (χ4v) is 1.57. The summed E-state index contributed by atoms with van der Waals surface area (Å²) in [7, 11) is 1.88. The predicted molar refractivity (Wildman–Crippen MR) is 119 cm³/mol. The van der Waals surface area contributed by atoms with Gasteiger partial charge in [-0.2, -0.15) is 0 Å². The van der Waals surface area contributed by atoms with Gasteiger partial charge >= 0.3 is 0 Å². The lowest BCUT2D eigenvalue weighted by atomic mass is 10.1. The van der Waals surface area contributed by atoms with Crippen molar-refractivity contribution in [2.75, 3.05) is 13.6 Å². The Morgan fingerprint density at radius 3 is 1.89 bits per heavy atom. The third-order valence-electron chi connectivity index (χ3n) is 3.25. The van der Waals surface area contributed by atoms with Gasteiger partial charge in [0.1, 0.15) is 5.82 Å². The number of allylic oxidation sites excluding steroid dienone is 2. The summed E-state index contributed by atoms with van der Waals surface area (Å²) in [6, 6.07) is 5.73. The van der Waals surface area contributed by atoms with Crippen LogP contribution < -0.4 is 10.6 Å². The van der Waals surface area contributed by atoms with Crippen LogP contribution in [0.25, 0.3) is 0 Å². The van der Waals surface area contributed by atoms with E-state index in [0.29, 0.717) is 5.56 Å². The van der Waals surface area contributed by atoms with Gasteiger partial charge in [-0.25, -0.2) is 4.39 Å². The Hall–Kier alpha value is -1.68. The van der Waals surface area contributed by atoms with Crippen molar-refractivity contribution in [1.82, 2.24) is 10.6 Å². The van der Waals surface area contributed by atoms with Crippen molar-refractivity contribution in [3.8, 4) is 0 Å². The van der Waals surface area contributed by atoms with Crippen molar-refractivity contribution in [3.05, 3.63) is 47.3 Å². The Kier molecular flexibility index (Phi) is 24.9. The van der Waals surface area contributed by atoms with Gasteiger partial charge in [-0.05, 0) is 71.5 Å². The molecule has 0 bridgehead atoms. The third kappa shape index (κ3) is 20.5. The fraction of sp³-hybridized carbons (Fsp3) is 0.609. The van der Waals surface area contributed by atoms with Crippen molar-refractivity contribution in [2.45, 2.75) is 80.7 Å². The lowest BCUT2D eigenvalue weighted by molar-refractivity contribution is 0.0934. The largest absolute Gasteiger partial charge is 0.349 e. The minimum absolute atomic E-state index is 0.145. The number of amides is 1. The minimum atomic E-state index is -0.330. The molecule has 27 heavy (non-hydrogen) atoms. The third-order valence-corrected chi connectivity index (χ3v) is 3.25. The molecule has 1 rings (SSSR count). The van der Waals surface area contributed by atoms with Gasteiger partial charge in [0, 0.05) is 11.6 Å². The molecule has 1 unspecified atom stereocenters. The highest BCUT2D eigenvalue weighted by atomic mass is 19.1. The number of carbonyl (C=O) groups excluding carboxylic acids is 1. The number of hydrogen-bond donors (Lipinski definition) is 2. The molecule has 0 saturated heterocycles. The molecule has 0 radical (unpaired) electrons. The maximum absolute atomic E-state index is 12.7. The standard InChI is InChI=1S/C13H19FN2O.C5H10.C3H8.C2H6/c1-3-12(8-9-15-2)16-13(17)10-4-6-11(14)7-5-10;1-4-5(2)3;1-3-2;1-2/h4-7,12,15H,3,8-9H2,1-2H3,(H,16,17);4H,1-3H3;3H2,1-2H3;1-2H3. The Morgan fingerprint density at radius 1 is 1.11 bits per heavy atom. The number of hydrogen-bond acceptors (Lipinski definition) is 2. The van der Waals surface area contributed by atoms with Crippen LogP contribution in [-0.2, 0) is 0 Å². The predicted octanol–water partition coefficient (Wildman–Crippen LogP) is 6.36. The molecule has 3 nitrogen and oxygen atoms in total. The molecule has 0 saturated carbocycles. The molecule has 1 aromatic carbocycles. The molecule has 0 aliphatic rings. The zero-order valence-corrected chi connectivity index (χ0v) is 19.1. The quantitative estimate of drug-likeness (QED) is 0.562. The Labute approximate surface area is 167 Å². The lowest BCUT2D eigenvalue weighted by Crippen LogP contribution is -2.36. The Bertz CT molecular complexity index is 466. The molecule has 0 spiro atoms. The summed E-state index contributed by atoms with van der Waals surface area (Å²) >= 11 is 0. The highest BCUT2D eigenvalue weighted by Gasteiger charge is 2.11. The van der Waals surface area contributed by atoms with E-state index in [2.05, 4.69) is 44.4 Å². The van der Waals surface area contributed by atoms with E-state index in [1.807, 2.05) is 34.7 Å². The second-order valence-corrected chi connectivity index (χ2v) is 6.05. The van der Waals surface area contributed by atoms with Crippen molar-refractivity contribution in [1.29, 1.82) is 0 Å². The Balaban J connectivity index is -0.000000481. The summed E-state index contributed by atoms with van der Waals surface area (Å²) in [5.41, 5.74) is 1.87. The van der Waals surface area contributed by atoms with Crippen LogP contribution in [0.15, 0.2) is 35.9 Å². The molecule has 0 heterocycles. The normalized spacial score (nSPS) is 9.85. The van der Waals surface area contributed by atoms with E-state index >= 15 is 0 Å². The first-order valence-electron chi connectivity index (χ1n) is 10.2. The van der Waals surface area contributed by atoms with E-state index < -0.39 is 0 Å². The first-order chi connectivity index (χ1) is 12.9. The van der Waals surface area contributed by atoms with Gasteiger partial charge in [0.25, 0.3) is 5.91 Å². The molecule has 1 amide bonds. The molecule has 4 heteroatoms. The number of benzene rings is 1. The molecular weight excluding hydrogens is 339 g/mol. The van der Waals surface area contributed by atoms with Crippen LogP contribution in [0.5, 0.6) is 0 Å². The van der Waals surface area contributed by atoms with Crippen molar-refractivity contribution >= 4 is 5.91 Å². The Morgan fingerprint density at radius 2 is 1.56 bits per heavy atom. The van der Waals surface area contributed by atoms with Gasteiger partial charge < -0.3 is 10.6 Å². The molecular formula is C23H43FN2O. The van der Waals surface area contributed by atoms with E-state index in [0.717, 1.165) is 19.4 Å². The highest BCUT2D eigenvalue weighted by molar-refractivity contribution is 5.94. The number of nitrogens with one attached hydrogen (secondary N) is 2. The summed E-state index contributed by atoms with van der Waals surface area (Å²) in [5.74, 6) is -0.475. The summed E-state index contributed by atoms with van der Waals surface area (Å²) < 4.78 is 12.7. The smallest absolute Gasteiger partial charge is 0.251 e. The van der Waals surface area contributed by atoms with E-state index in [1.54, 1.807) is 0 Å². The monoisotopic (exact) mass is 382 g/mol. The first-order valence-corrected chi connectivity index (χ1v) is 10.2. The van der Waals surface area contributed by atoms with E-state index in [1.165, 1.54) is 36.3 Å². The van der Waals surface area contributed by atoms with Gasteiger partial charge in [-0.1, -0.05) is 52.7 Å². The zero-order chi connectivity index (χ0) is 21.7. The second-order valence-electron chi connectivity index (χ2n) is 6.05. The summed E-state index contributed by atoms with van der Waals surface area (Å²) in [6.07, 6.45) is 5.11. The van der Waals surface area contributed by atoms with Gasteiger partial charge in [0.15, 0.2) is 0 Å². The van der Waals surface area contributed by atoms with Crippen molar-refractivity contribution in [2.24, 2.45) is 0 Å². The van der Waals surface area contributed by atoms with Crippen LogP contribution >= 0.6 is 0 Å². The zero-order valence-electron chi connectivity index (χ0n) is 19.1. The van der Waals surface area contributed by atoms with Gasteiger partial charge in [-0.3, -0.25) is 4.79 Å². The first kappa shape index (κ1) is 30.1. The van der Waals surface area contributed by atoms with E-state index in [9.17, 15) is 9.18 Å². The number of rotatable bonds is 6. The van der Waals surface area contributed by atoms with Crippen LogP contribution in [-0.4, -0.2) is 25.5 Å². The minimum Gasteiger partial charge on any atom is -0.349 e. The van der Waals surface area contributed by atoms with Gasteiger partial charge in [0.2, 0.25) is 0 Å². The number of carbonyl (C=O) groups is 1. The topological polar surface area (TPSA) is 41.1 Å². The van der Waals surface area contributed by atoms with E-state index in [-0.39, 0.29) is 17.8 Å². The second kappa shape index (κ2) is 22.4. The van der Waals surface area contributed by atoms with Crippen LogP contribution in [0.1, 0.15) is 85.0 Å². The SMILES string of the molecule is CC.CC=C(C)C.CCC.CCC(CCNC)NC(=O)c1ccc(F)cc1. The lowest BCUT2D eigenvalue weighted by Gasteiger charge is -2.16. The van der Waals surface area contributed by atoms with Crippen LogP contribution in [0, 0.1) is 5.82 Å². The highest BCUT2D eigenvalue weighted by Crippen LogP contribution is 2.04. The van der Waals surface area contributed by atoms with Gasteiger partial charge in [0.05, 0.1) is 0 Å². The molecule has 0 aromatic heterocycles. The average molecular weight is 383 g/mol. The van der Waals surface area contributed by atoms with Gasteiger partial charge in [-0.15, -0.1) is 0 Å². The van der Waals surface area contributed by atoms with Crippen LogP contribution in [0.3, 0.4) is 0 Å². The van der Waals surface area contributed by atoms with Crippen molar-refractivity contribution in [3.63, 3.8) is 0 Å². The maximum Gasteiger partial charge on any atom is 0.251 e. The number of halogens is 1. The van der Waals surface area contributed by atoms with Crippen LogP contribution in [0.2, 0.25) is 0 Å². The summed E-state index contributed by atoms with van der Waals surface area (Å²) in [4.78, 5) is 11.8. The molecule has 0 aliphatic carbocycles. The molecule has 1 aromatic rings. The molecule has 0 aliphatic heterocycles. The van der Waals surface area contributed by atoms with E-state index in [4.69, 9.17) is 0 Å². The summed E-state index contributed by atoms with van der Waals surface area (Å²) in [5, 5.41) is 5.99.